The number of rotatable bonds is 3. The van der Waals surface area contributed by atoms with Crippen LogP contribution in [0.5, 0.6) is 0 Å². The zero-order chi connectivity index (χ0) is 20.8. The van der Waals surface area contributed by atoms with Gasteiger partial charge in [-0.05, 0) is 29.8 Å². The van der Waals surface area contributed by atoms with Gasteiger partial charge in [-0.15, -0.1) is 0 Å². The van der Waals surface area contributed by atoms with E-state index in [-0.39, 0.29) is 5.82 Å². The maximum absolute atomic E-state index is 13.4. The van der Waals surface area contributed by atoms with Gasteiger partial charge in [0, 0.05) is 41.5 Å². The summed E-state index contributed by atoms with van der Waals surface area (Å²) in [5, 5.41) is 8.26. The first kappa shape index (κ1) is 17.4. The summed E-state index contributed by atoms with van der Waals surface area (Å²) in [5.41, 5.74) is 6.39. The molecule has 7 nitrogen and oxygen atoms in total. The molecular formula is C23H14FN7. The number of hydrogen-bond acceptors (Lipinski definition) is 5. The lowest BCUT2D eigenvalue weighted by Gasteiger charge is -2.01. The van der Waals surface area contributed by atoms with Gasteiger partial charge in [0.15, 0.2) is 11.5 Å². The lowest BCUT2D eigenvalue weighted by Crippen LogP contribution is -1.85. The normalized spacial score (nSPS) is 11.4. The predicted molar refractivity (Wildman–Crippen MR) is 115 cm³/mol. The molecule has 0 aliphatic rings. The fourth-order valence-electron chi connectivity index (χ4n) is 3.66. The summed E-state index contributed by atoms with van der Waals surface area (Å²) >= 11 is 0. The minimum atomic E-state index is -0.286. The first-order chi connectivity index (χ1) is 15.3. The highest BCUT2D eigenvalue weighted by atomic mass is 19.1. The molecule has 0 unspecified atom stereocenters. The van der Waals surface area contributed by atoms with E-state index in [0.29, 0.717) is 17.2 Å². The van der Waals surface area contributed by atoms with Crippen LogP contribution in [0.25, 0.3) is 55.8 Å². The lowest BCUT2D eigenvalue weighted by molar-refractivity contribution is 0.628. The summed E-state index contributed by atoms with van der Waals surface area (Å²) in [5.74, 6) is 0.314. The molecule has 8 heteroatoms. The van der Waals surface area contributed by atoms with Crippen LogP contribution in [0.15, 0.2) is 73.4 Å². The van der Waals surface area contributed by atoms with Crippen LogP contribution in [0.2, 0.25) is 0 Å². The van der Waals surface area contributed by atoms with E-state index >= 15 is 0 Å². The van der Waals surface area contributed by atoms with E-state index in [0.717, 1.165) is 38.7 Å². The average Bonchev–Trinajstić information content (AvgIpc) is 3.43. The van der Waals surface area contributed by atoms with Crippen LogP contribution in [-0.2, 0) is 0 Å². The monoisotopic (exact) mass is 407 g/mol. The number of hydrogen-bond donors (Lipinski definition) is 2. The number of H-pyrrole nitrogens is 2. The molecule has 0 amide bonds. The summed E-state index contributed by atoms with van der Waals surface area (Å²) in [6.07, 6.45) is 8.76. The van der Waals surface area contributed by atoms with E-state index in [1.165, 1.54) is 12.1 Å². The summed E-state index contributed by atoms with van der Waals surface area (Å²) in [7, 11) is 0. The van der Waals surface area contributed by atoms with E-state index in [9.17, 15) is 4.39 Å². The second-order valence-electron chi connectivity index (χ2n) is 7.11. The number of nitrogens with one attached hydrogen (secondary N) is 2. The Labute approximate surface area is 175 Å². The molecular weight excluding hydrogens is 393 g/mol. The number of imidazole rings is 1. The van der Waals surface area contributed by atoms with E-state index in [1.54, 1.807) is 43.1 Å². The molecule has 6 rings (SSSR count). The Kier molecular flexibility index (Phi) is 3.82. The van der Waals surface area contributed by atoms with Gasteiger partial charge in [0.1, 0.15) is 11.5 Å². The molecule has 0 spiro atoms. The number of nitrogens with zero attached hydrogens (tertiary/aromatic N) is 5. The lowest BCUT2D eigenvalue weighted by atomic mass is 10.1. The first-order valence-corrected chi connectivity index (χ1v) is 9.61. The van der Waals surface area contributed by atoms with Gasteiger partial charge in [0.25, 0.3) is 0 Å². The van der Waals surface area contributed by atoms with Crippen molar-refractivity contribution in [1.82, 2.24) is 35.1 Å². The van der Waals surface area contributed by atoms with Gasteiger partial charge in [0.05, 0.1) is 22.6 Å². The molecule has 5 aromatic heterocycles. The first-order valence-electron chi connectivity index (χ1n) is 9.61. The van der Waals surface area contributed by atoms with E-state index in [4.69, 9.17) is 4.98 Å². The highest BCUT2D eigenvalue weighted by Crippen LogP contribution is 2.31. The Morgan fingerprint density at radius 2 is 1.74 bits per heavy atom. The Bertz CT molecular complexity index is 1540. The number of aromatic nitrogens is 7. The molecule has 0 fully saturated rings. The van der Waals surface area contributed by atoms with Crippen molar-refractivity contribution in [2.24, 2.45) is 0 Å². The van der Waals surface area contributed by atoms with Crippen LogP contribution in [0.1, 0.15) is 0 Å². The third kappa shape index (κ3) is 2.93. The third-order valence-electron chi connectivity index (χ3n) is 5.19. The van der Waals surface area contributed by atoms with E-state index in [1.807, 2.05) is 18.2 Å². The second kappa shape index (κ2) is 6.81. The number of pyridine rings is 3. The van der Waals surface area contributed by atoms with Crippen molar-refractivity contribution in [3.8, 4) is 33.8 Å². The predicted octanol–water partition coefficient (Wildman–Crippen LogP) is 4.76. The molecule has 0 bridgehead atoms. The number of fused-ring (bicyclic) bond motifs is 2. The van der Waals surface area contributed by atoms with Gasteiger partial charge in [-0.25, -0.2) is 14.4 Å². The molecule has 0 aliphatic heterocycles. The van der Waals surface area contributed by atoms with Gasteiger partial charge >= 0.3 is 0 Å². The van der Waals surface area contributed by atoms with E-state index < -0.39 is 0 Å². The van der Waals surface area contributed by atoms with Crippen LogP contribution in [0.3, 0.4) is 0 Å². The fourth-order valence-corrected chi connectivity index (χ4v) is 3.66. The summed E-state index contributed by atoms with van der Waals surface area (Å²) in [6, 6.07) is 12.2. The maximum Gasteiger partial charge on any atom is 0.159 e. The zero-order valence-electron chi connectivity index (χ0n) is 16.0. The van der Waals surface area contributed by atoms with Crippen LogP contribution in [0, 0.1) is 5.82 Å². The van der Waals surface area contributed by atoms with Gasteiger partial charge in [0.2, 0.25) is 0 Å². The number of aromatic amines is 2. The SMILES string of the molecule is Fc1ccc(-c2cncc3[nH]c(-c4n[nH]c5ncc(-c6cccnc6)cc45)nc23)cc1. The Morgan fingerprint density at radius 3 is 2.58 bits per heavy atom. The molecule has 0 saturated carbocycles. The molecule has 2 N–H and O–H groups in total. The molecule has 31 heavy (non-hydrogen) atoms. The average molecular weight is 407 g/mol. The van der Waals surface area contributed by atoms with Crippen molar-refractivity contribution in [1.29, 1.82) is 0 Å². The Morgan fingerprint density at radius 1 is 0.839 bits per heavy atom. The van der Waals surface area contributed by atoms with Crippen molar-refractivity contribution >= 4 is 22.1 Å². The minimum Gasteiger partial charge on any atom is -0.335 e. The maximum atomic E-state index is 13.4. The van der Waals surface area contributed by atoms with Gasteiger partial charge < -0.3 is 4.98 Å². The van der Waals surface area contributed by atoms with Crippen molar-refractivity contribution in [3.63, 3.8) is 0 Å². The van der Waals surface area contributed by atoms with Gasteiger partial charge in [-0.2, -0.15) is 5.10 Å². The minimum absolute atomic E-state index is 0.286. The van der Waals surface area contributed by atoms with Gasteiger partial charge in [-0.3, -0.25) is 15.1 Å². The highest BCUT2D eigenvalue weighted by molar-refractivity contribution is 5.96. The Hall–Kier alpha value is -4.46. The fraction of sp³-hybridized carbons (Fsp3) is 0. The molecule has 0 aliphatic carbocycles. The van der Waals surface area contributed by atoms with Crippen LogP contribution >= 0.6 is 0 Å². The summed E-state index contributed by atoms with van der Waals surface area (Å²) in [4.78, 5) is 21.1. The molecule has 6 aromatic rings. The Balaban J connectivity index is 1.51. The standard InChI is InChI=1S/C23H14FN7/c24-16-5-3-13(4-6-16)18-11-26-12-19-20(18)29-23(28-19)21-17-8-15(10-27-22(17)31-30-21)14-2-1-7-25-9-14/h1-12H,(H,28,29)(H,27,30,31). The molecule has 0 atom stereocenters. The van der Waals surface area contributed by atoms with Crippen molar-refractivity contribution in [2.45, 2.75) is 0 Å². The molecule has 0 radical (unpaired) electrons. The van der Waals surface area contributed by atoms with Crippen molar-refractivity contribution in [2.75, 3.05) is 0 Å². The van der Waals surface area contributed by atoms with Crippen molar-refractivity contribution in [3.05, 3.63) is 79.3 Å². The smallest absolute Gasteiger partial charge is 0.159 e. The largest absolute Gasteiger partial charge is 0.335 e. The van der Waals surface area contributed by atoms with Crippen LogP contribution in [-0.4, -0.2) is 35.1 Å². The molecule has 1 aromatic carbocycles. The quantitative estimate of drug-likeness (QED) is 0.441. The second-order valence-corrected chi connectivity index (χ2v) is 7.11. The van der Waals surface area contributed by atoms with Gasteiger partial charge in [-0.1, -0.05) is 18.2 Å². The van der Waals surface area contributed by atoms with E-state index in [2.05, 4.69) is 30.1 Å². The summed E-state index contributed by atoms with van der Waals surface area (Å²) in [6.45, 7) is 0. The highest BCUT2D eigenvalue weighted by Gasteiger charge is 2.16. The molecule has 0 saturated heterocycles. The topological polar surface area (TPSA) is 96.0 Å². The summed E-state index contributed by atoms with van der Waals surface area (Å²) < 4.78 is 13.4. The van der Waals surface area contributed by atoms with Crippen molar-refractivity contribution < 1.29 is 4.39 Å². The third-order valence-corrected chi connectivity index (χ3v) is 5.19. The zero-order valence-corrected chi connectivity index (χ0v) is 16.0. The number of halogens is 1. The molecule has 148 valence electrons. The molecule has 5 heterocycles. The van der Waals surface area contributed by atoms with Crippen LogP contribution < -0.4 is 0 Å². The number of benzene rings is 1. The van der Waals surface area contributed by atoms with Crippen LogP contribution in [0.4, 0.5) is 4.39 Å².